The van der Waals surface area contributed by atoms with Crippen LogP contribution in [-0.2, 0) is 15.8 Å². The van der Waals surface area contributed by atoms with Crippen molar-refractivity contribution in [2.24, 2.45) is 11.7 Å². The van der Waals surface area contributed by atoms with Crippen molar-refractivity contribution in [3.63, 3.8) is 0 Å². The fraction of sp³-hybridized carbons (Fsp3) is 0.550. The number of benzene rings is 1. The molecule has 2 amide bonds. The highest BCUT2D eigenvalue weighted by atomic mass is 19.4. The highest BCUT2D eigenvalue weighted by Gasteiger charge is 2.37. The minimum absolute atomic E-state index is 0.0228. The van der Waals surface area contributed by atoms with Gasteiger partial charge in [-0.15, -0.1) is 0 Å². The number of nitrogens with two attached hydrogens (primary N) is 1. The third-order valence-electron chi connectivity index (χ3n) is 5.76. The SMILES string of the molecule is N#Cc1ccc(N2CCN(C(=O)CC3CCCC3)C(C(N)=O)C2)cc1C(F)(F)F. The molecular formula is C20H23F3N4O2. The number of amides is 2. The first-order valence-corrected chi connectivity index (χ1v) is 9.65. The van der Waals surface area contributed by atoms with Gasteiger partial charge in [0.05, 0.1) is 17.2 Å². The third kappa shape index (κ3) is 4.63. The van der Waals surface area contributed by atoms with Gasteiger partial charge in [0, 0.05) is 31.7 Å². The van der Waals surface area contributed by atoms with E-state index in [-0.39, 0.29) is 31.2 Å². The van der Waals surface area contributed by atoms with Crippen LogP contribution in [-0.4, -0.2) is 42.4 Å². The fourth-order valence-corrected chi connectivity index (χ4v) is 4.20. The van der Waals surface area contributed by atoms with E-state index >= 15 is 0 Å². The number of nitriles is 1. The molecule has 0 spiro atoms. The number of alkyl halides is 3. The van der Waals surface area contributed by atoms with Gasteiger partial charge in [0.25, 0.3) is 0 Å². The van der Waals surface area contributed by atoms with Crippen LogP contribution in [0.4, 0.5) is 18.9 Å². The minimum atomic E-state index is -4.66. The van der Waals surface area contributed by atoms with Crippen molar-refractivity contribution < 1.29 is 22.8 Å². The molecule has 1 aromatic rings. The smallest absolute Gasteiger partial charge is 0.368 e. The van der Waals surface area contributed by atoms with E-state index in [1.54, 1.807) is 11.0 Å². The molecule has 2 aliphatic rings. The van der Waals surface area contributed by atoms with Gasteiger partial charge in [0.1, 0.15) is 6.04 Å². The number of carbonyl (C=O) groups excluding carboxylic acids is 2. The van der Waals surface area contributed by atoms with Crippen LogP contribution >= 0.6 is 0 Å². The van der Waals surface area contributed by atoms with Gasteiger partial charge >= 0.3 is 6.18 Å². The van der Waals surface area contributed by atoms with Crippen LogP contribution in [0.15, 0.2) is 18.2 Å². The second kappa shape index (κ2) is 8.31. The number of piperazine rings is 1. The Morgan fingerprint density at radius 2 is 1.90 bits per heavy atom. The zero-order valence-electron chi connectivity index (χ0n) is 15.9. The molecule has 1 atom stereocenters. The van der Waals surface area contributed by atoms with Crippen LogP contribution in [0.3, 0.4) is 0 Å². The lowest BCUT2D eigenvalue weighted by Gasteiger charge is -2.41. The van der Waals surface area contributed by atoms with E-state index in [2.05, 4.69) is 0 Å². The number of hydrogen-bond acceptors (Lipinski definition) is 4. The van der Waals surface area contributed by atoms with Gasteiger partial charge in [0.2, 0.25) is 11.8 Å². The summed E-state index contributed by atoms with van der Waals surface area (Å²) in [5.41, 5.74) is 4.27. The lowest BCUT2D eigenvalue weighted by atomic mass is 10.0. The average molecular weight is 408 g/mol. The molecule has 1 aliphatic carbocycles. The van der Waals surface area contributed by atoms with Crippen molar-refractivity contribution in [1.82, 2.24) is 4.90 Å². The molecule has 156 valence electrons. The maximum absolute atomic E-state index is 13.3. The molecule has 0 aromatic heterocycles. The summed E-state index contributed by atoms with van der Waals surface area (Å²) in [5, 5.41) is 8.94. The maximum Gasteiger partial charge on any atom is 0.417 e. The number of anilines is 1. The number of nitrogens with zero attached hydrogens (tertiary/aromatic N) is 3. The van der Waals surface area contributed by atoms with E-state index in [9.17, 15) is 22.8 Å². The molecule has 0 radical (unpaired) electrons. The van der Waals surface area contributed by atoms with Crippen LogP contribution < -0.4 is 10.6 Å². The molecule has 9 heteroatoms. The molecule has 1 aliphatic heterocycles. The van der Waals surface area contributed by atoms with E-state index in [1.807, 2.05) is 0 Å². The number of halogens is 3. The van der Waals surface area contributed by atoms with Crippen molar-refractivity contribution in [2.75, 3.05) is 24.5 Å². The fourth-order valence-electron chi connectivity index (χ4n) is 4.20. The number of carbonyl (C=O) groups is 2. The Balaban J connectivity index is 1.78. The third-order valence-corrected chi connectivity index (χ3v) is 5.76. The van der Waals surface area contributed by atoms with Crippen molar-refractivity contribution in [1.29, 1.82) is 5.26 Å². The molecule has 3 rings (SSSR count). The van der Waals surface area contributed by atoms with Crippen LogP contribution in [0.2, 0.25) is 0 Å². The van der Waals surface area contributed by atoms with Crippen LogP contribution in [0.1, 0.15) is 43.2 Å². The Morgan fingerprint density at radius 1 is 1.21 bits per heavy atom. The first-order chi connectivity index (χ1) is 13.7. The van der Waals surface area contributed by atoms with Gasteiger partial charge in [-0.2, -0.15) is 18.4 Å². The zero-order chi connectivity index (χ0) is 21.2. The standard InChI is InChI=1S/C20H23F3N4O2/c21-20(22,23)16-10-15(6-5-14(16)11-24)26-7-8-27(17(12-26)19(25)29)18(28)9-13-3-1-2-4-13/h5-6,10,13,17H,1-4,7-9,12H2,(H2,25,29). The molecule has 6 nitrogen and oxygen atoms in total. The number of hydrogen-bond donors (Lipinski definition) is 1. The summed E-state index contributed by atoms with van der Waals surface area (Å²) in [7, 11) is 0. The summed E-state index contributed by atoms with van der Waals surface area (Å²) in [6, 6.07) is 4.10. The van der Waals surface area contributed by atoms with Gasteiger partial charge in [-0.3, -0.25) is 9.59 Å². The van der Waals surface area contributed by atoms with Gasteiger partial charge < -0.3 is 15.5 Å². The Kier molecular flexibility index (Phi) is 6.01. The Bertz CT molecular complexity index is 828. The van der Waals surface area contributed by atoms with Crippen molar-refractivity contribution in [3.8, 4) is 6.07 Å². The highest BCUT2D eigenvalue weighted by molar-refractivity contribution is 5.88. The lowest BCUT2D eigenvalue weighted by Crippen LogP contribution is -2.60. The molecule has 0 bridgehead atoms. The van der Waals surface area contributed by atoms with Crippen molar-refractivity contribution in [3.05, 3.63) is 29.3 Å². The van der Waals surface area contributed by atoms with Gasteiger partial charge in [-0.1, -0.05) is 12.8 Å². The Morgan fingerprint density at radius 3 is 2.48 bits per heavy atom. The topological polar surface area (TPSA) is 90.4 Å². The second-order valence-electron chi connectivity index (χ2n) is 7.65. The molecule has 2 fully saturated rings. The van der Waals surface area contributed by atoms with E-state index in [4.69, 9.17) is 11.0 Å². The van der Waals surface area contributed by atoms with Crippen LogP contribution in [0.25, 0.3) is 0 Å². The van der Waals surface area contributed by atoms with Crippen LogP contribution in [0.5, 0.6) is 0 Å². The molecule has 1 saturated carbocycles. The summed E-state index contributed by atoms with van der Waals surface area (Å²) in [4.78, 5) is 27.8. The van der Waals surface area contributed by atoms with Gasteiger partial charge in [0.15, 0.2) is 0 Å². The molecule has 1 aromatic carbocycles. The summed E-state index contributed by atoms with van der Waals surface area (Å²) >= 11 is 0. The lowest BCUT2D eigenvalue weighted by molar-refractivity contribution is -0.140. The largest absolute Gasteiger partial charge is 0.417 e. The summed E-state index contributed by atoms with van der Waals surface area (Å²) in [6.07, 6.45) is -0.0880. The first kappa shape index (κ1) is 21.0. The Labute approximate surface area is 167 Å². The average Bonchev–Trinajstić information content (AvgIpc) is 3.19. The van der Waals surface area contributed by atoms with Gasteiger partial charge in [-0.05, 0) is 37.0 Å². The summed E-state index contributed by atoms with van der Waals surface area (Å²) in [5.74, 6) is -0.489. The maximum atomic E-state index is 13.3. The quantitative estimate of drug-likeness (QED) is 0.829. The van der Waals surface area contributed by atoms with Gasteiger partial charge in [-0.25, -0.2) is 0 Å². The predicted octanol–water partition coefficient (Wildman–Crippen LogP) is 2.66. The summed E-state index contributed by atoms with van der Waals surface area (Å²) in [6.45, 7) is 0.513. The Hall–Kier alpha value is -2.76. The normalized spacial score (nSPS) is 20.6. The molecule has 29 heavy (non-hydrogen) atoms. The van der Waals surface area contributed by atoms with E-state index in [0.29, 0.717) is 12.3 Å². The highest BCUT2D eigenvalue weighted by Crippen LogP contribution is 2.35. The molecular weight excluding hydrogens is 385 g/mol. The zero-order valence-corrected chi connectivity index (χ0v) is 15.9. The van der Waals surface area contributed by atoms with E-state index < -0.39 is 29.3 Å². The molecule has 1 saturated heterocycles. The number of primary amides is 1. The van der Waals surface area contributed by atoms with Crippen LogP contribution in [0, 0.1) is 17.2 Å². The van der Waals surface area contributed by atoms with E-state index in [0.717, 1.165) is 37.8 Å². The van der Waals surface area contributed by atoms with Crippen molar-refractivity contribution >= 4 is 17.5 Å². The summed E-state index contributed by atoms with van der Waals surface area (Å²) < 4.78 is 39.8. The first-order valence-electron chi connectivity index (χ1n) is 9.65. The molecule has 2 N–H and O–H groups in total. The molecule has 1 unspecified atom stereocenters. The van der Waals surface area contributed by atoms with Crippen molar-refractivity contribution in [2.45, 2.75) is 44.3 Å². The monoisotopic (exact) mass is 408 g/mol. The minimum Gasteiger partial charge on any atom is -0.368 e. The van der Waals surface area contributed by atoms with E-state index in [1.165, 1.54) is 11.0 Å². The second-order valence-corrected chi connectivity index (χ2v) is 7.65. The predicted molar refractivity (Wildman–Crippen MR) is 99.6 cm³/mol. The molecule has 1 heterocycles. The number of rotatable bonds is 4.